The highest BCUT2D eigenvalue weighted by Crippen LogP contribution is 2.26. The Balaban J connectivity index is 2.36. The van der Waals surface area contributed by atoms with E-state index >= 15 is 0 Å². The number of anilines is 1. The third-order valence-electron chi connectivity index (χ3n) is 3.44. The number of hydrazine groups is 1. The van der Waals surface area contributed by atoms with Crippen molar-refractivity contribution in [2.75, 3.05) is 19.1 Å². The largest absolute Gasteiger partial charge is 0.384 e. The predicted octanol–water partition coefficient (Wildman–Crippen LogP) is 1.78. The summed E-state index contributed by atoms with van der Waals surface area (Å²) in [5, 5.41) is 0. The second kappa shape index (κ2) is 6.11. The summed E-state index contributed by atoms with van der Waals surface area (Å²) in [6.07, 6.45) is 5.69. The highest BCUT2D eigenvalue weighted by atomic mass is 16.5. The number of aryl methyl sites for hydroxylation is 1. The van der Waals surface area contributed by atoms with Crippen LogP contribution in [0.5, 0.6) is 0 Å². The summed E-state index contributed by atoms with van der Waals surface area (Å²) >= 11 is 0. The van der Waals surface area contributed by atoms with Gasteiger partial charge in [0.2, 0.25) is 0 Å². The molecule has 0 radical (unpaired) electrons. The van der Waals surface area contributed by atoms with Crippen LogP contribution in [0.3, 0.4) is 0 Å². The lowest BCUT2D eigenvalue weighted by molar-refractivity contribution is 0.181. The molecule has 1 atom stereocenters. The summed E-state index contributed by atoms with van der Waals surface area (Å²) in [5.74, 6) is 7.40. The van der Waals surface area contributed by atoms with Crippen molar-refractivity contribution in [3.8, 4) is 0 Å². The maximum atomic E-state index is 5.60. The Bertz CT molecular complexity index is 408. The van der Waals surface area contributed by atoms with Gasteiger partial charge in [-0.25, -0.2) is 15.8 Å². The van der Waals surface area contributed by atoms with Gasteiger partial charge in [0.05, 0.1) is 6.61 Å². The fourth-order valence-electron chi connectivity index (χ4n) is 2.45. The lowest BCUT2D eigenvalue weighted by atomic mass is 10.1. The smallest absolute Gasteiger partial charge is 0.147 e. The van der Waals surface area contributed by atoms with E-state index in [1.165, 1.54) is 24.8 Å². The highest BCUT2D eigenvalue weighted by Gasteiger charge is 2.18. The number of hydrogen-bond donors (Lipinski definition) is 2. The zero-order chi connectivity index (χ0) is 13.0. The summed E-state index contributed by atoms with van der Waals surface area (Å²) in [6, 6.07) is 0. The molecule has 1 aromatic heterocycles. The molecule has 5 heteroatoms. The SMILES string of the molecule is COCC(C)c1nc2c(c(NN)n1)CCCCC2. The minimum absolute atomic E-state index is 0.190. The molecule has 0 bridgehead atoms. The standard InChI is InChI=1S/C13H22N4O/c1-9(8-18-2)12-15-11-7-5-3-4-6-10(11)13(16-12)17-14/h9H,3-8,14H2,1-2H3,(H,15,16,17). The fraction of sp³-hybridized carbons (Fsp3) is 0.692. The van der Waals surface area contributed by atoms with Crippen LogP contribution in [-0.4, -0.2) is 23.7 Å². The van der Waals surface area contributed by atoms with E-state index in [1.807, 2.05) is 0 Å². The number of nitrogens with one attached hydrogen (secondary N) is 1. The maximum absolute atomic E-state index is 5.60. The van der Waals surface area contributed by atoms with Crippen molar-refractivity contribution in [3.63, 3.8) is 0 Å². The normalized spacial score (nSPS) is 16.8. The molecular formula is C13H22N4O. The number of fused-ring (bicyclic) bond motifs is 1. The van der Waals surface area contributed by atoms with E-state index in [2.05, 4.69) is 17.3 Å². The van der Waals surface area contributed by atoms with Crippen molar-refractivity contribution in [2.45, 2.75) is 44.9 Å². The average molecular weight is 250 g/mol. The molecule has 1 aromatic rings. The molecule has 1 unspecified atom stereocenters. The van der Waals surface area contributed by atoms with E-state index < -0.39 is 0 Å². The number of nitrogens with two attached hydrogens (primary N) is 1. The Morgan fingerprint density at radius 1 is 1.28 bits per heavy atom. The van der Waals surface area contributed by atoms with Gasteiger partial charge in [0.1, 0.15) is 11.6 Å². The summed E-state index contributed by atoms with van der Waals surface area (Å²) < 4.78 is 5.17. The van der Waals surface area contributed by atoms with Crippen LogP contribution in [0.1, 0.15) is 49.2 Å². The van der Waals surface area contributed by atoms with Crippen LogP contribution in [0.15, 0.2) is 0 Å². The number of rotatable bonds is 4. The zero-order valence-corrected chi connectivity index (χ0v) is 11.2. The summed E-state index contributed by atoms with van der Waals surface area (Å²) in [7, 11) is 1.70. The van der Waals surface area contributed by atoms with Gasteiger partial charge in [-0.3, -0.25) is 0 Å². The summed E-state index contributed by atoms with van der Waals surface area (Å²) in [6.45, 7) is 2.70. The first kappa shape index (κ1) is 13.2. The van der Waals surface area contributed by atoms with Gasteiger partial charge in [-0.05, 0) is 25.7 Å². The van der Waals surface area contributed by atoms with Crippen LogP contribution >= 0.6 is 0 Å². The maximum Gasteiger partial charge on any atom is 0.147 e. The molecule has 18 heavy (non-hydrogen) atoms. The van der Waals surface area contributed by atoms with E-state index in [-0.39, 0.29) is 5.92 Å². The van der Waals surface area contributed by atoms with E-state index in [0.717, 1.165) is 30.2 Å². The Morgan fingerprint density at radius 3 is 2.78 bits per heavy atom. The molecular weight excluding hydrogens is 228 g/mol. The fourth-order valence-corrected chi connectivity index (χ4v) is 2.45. The molecule has 0 saturated carbocycles. The predicted molar refractivity (Wildman–Crippen MR) is 71.4 cm³/mol. The molecule has 0 aliphatic heterocycles. The molecule has 2 rings (SSSR count). The molecule has 3 N–H and O–H groups in total. The summed E-state index contributed by atoms with van der Waals surface area (Å²) in [4.78, 5) is 9.25. The second-order valence-corrected chi connectivity index (χ2v) is 4.92. The molecule has 0 amide bonds. The first-order valence-electron chi connectivity index (χ1n) is 6.61. The van der Waals surface area contributed by atoms with Crippen LogP contribution in [0.4, 0.5) is 5.82 Å². The van der Waals surface area contributed by atoms with E-state index in [4.69, 9.17) is 15.6 Å². The highest BCUT2D eigenvalue weighted by molar-refractivity contribution is 5.46. The molecule has 0 spiro atoms. The number of nitrogen functional groups attached to an aromatic ring is 1. The first-order valence-corrected chi connectivity index (χ1v) is 6.61. The molecule has 0 aromatic carbocycles. The van der Waals surface area contributed by atoms with Gasteiger partial charge in [0.15, 0.2) is 0 Å². The van der Waals surface area contributed by atoms with Gasteiger partial charge in [0.25, 0.3) is 0 Å². The lowest BCUT2D eigenvalue weighted by Gasteiger charge is -2.15. The van der Waals surface area contributed by atoms with Crippen molar-refractivity contribution >= 4 is 5.82 Å². The number of ether oxygens (including phenoxy) is 1. The third kappa shape index (κ3) is 2.79. The zero-order valence-electron chi connectivity index (χ0n) is 11.2. The molecule has 1 aliphatic rings. The quantitative estimate of drug-likeness (QED) is 0.484. The van der Waals surface area contributed by atoms with Gasteiger partial charge in [-0.2, -0.15) is 0 Å². The van der Waals surface area contributed by atoms with Gasteiger partial charge >= 0.3 is 0 Å². The average Bonchev–Trinajstić information content (AvgIpc) is 2.62. The number of aromatic nitrogens is 2. The minimum atomic E-state index is 0.190. The Kier molecular flexibility index (Phi) is 4.49. The van der Waals surface area contributed by atoms with Crippen molar-refractivity contribution in [1.82, 2.24) is 9.97 Å². The number of nitrogens with zero attached hydrogens (tertiary/aromatic N) is 2. The van der Waals surface area contributed by atoms with Crippen molar-refractivity contribution in [2.24, 2.45) is 5.84 Å². The van der Waals surface area contributed by atoms with Crippen molar-refractivity contribution in [3.05, 3.63) is 17.1 Å². The van der Waals surface area contributed by atoms with Gasteiger partial charge < -0.3 is 10.2 Å². The van der Waals surface area contributed by atoms with E-state index in [1.54, 1.807) is 7.11 Å². The molecule has 1 aliphatic carbocycles. The van der Waals surface area contributed by atoms with Crippen LogP contribution < -0.4 is 11.3 Å². The van der Waals surface area contributed by atoms with Crippen molar-refractivity contribution < 1.29 is 4.74 Å². The Morgan fingerprint density at radius 2 is 2.06 bits per heavy atom. The molecule has 100 valence electrons. The molecule has 0 fully saturated rings. The first-order chi connectivity index (χ1) is 8.76. The monoisotopic (exact) mass is 250 g/mol. The second-order valence-electron chi connectivity index (χ2n) is 4.92. The van der Waals surface area contributed by atoms with E-state index in [0.29, 0.717) is 6.61 Å². The Labute approximate surface area is 108 Å². The van der Waals surface area contributed by atoms with Crippen LogP contribution in [-0.2, 0) is 17.6 Å². The van der Waals surface area contributed by atoms with E-state index in [9.17, 15) is 0 Å². The summed E-state index contributed by atoms with van der Waals surface area (Å²) in [5.41, 5.74) is 5.09. The number of methoxy groups -OCH3 is 1. The van der Waals surface area contributed by atoms with Gasteiger partial charge in [-0.1, -0.05) is 13.3 Å². The lowest BCUT2D eigenvalue weighted by Crippen LogP contribution is -2.17. The van der Waals surface area contributed by atoms with Crippen LogP contribution in [0.2, 0.25) is 0 Å². The topological polar surface area (TPSA) is 73.1 Å². The molecule has 0 saturated heterocycles. The molecule has 5 nitrogen and oxygen atoms in total. The Hall–Kier alpha value is -1.20. The third-order valence-corrected chi connectivity index (χ3v) is 3.44. The van der Waals surface area contributed by atoms with Gasteiger partial charge in [0, 0.05) is 24.3 Å². The van der Waals surface area contributed by atoms with Crippen molar-refractivity contribution in [1.29, 1.82) is 0 Å². The molecule has 1 heterocycles. The number of hydrogen-bond acceptors (Lipinski definition) is 5. The van der Waals surface area contributed by atoms with Crippen LogP contribution in [0.25, 0.3) is 0 Å². The minimum Gasteiger partial charge on any atom is -0.384 e. The van der Waals surface area contributed by atoms with Crippen LogP contribution in [0, 0.1) is 0 Å². The van der Waals surface area contributed by atoms with Gasteiger partial charge in [-0.15, -0.1) is 0 Å².